The molecule has 0 spiro atoms. The summed E-state index contributed by atoms with van der Waals surface area (Å²) in [5, 5.41) is 4.35. The highest BCUT2D eigenvalue weighted by Gasteiger charge is 2.13. The minimum absolute atomic E-state index is 0.182. The third-order valence-electron chi connectivity index (χ3n) is 4.19. The second kappa shape index (κ2) is 7.20. The standard InChI is InChI=1S/C20H18N4O2S/c1-13-18(27-19(22-13)15-6-4-3-5-7-15)23-20(25)26-11-14-8-9-17-16(10-14)21-12-24(17)2/h3-10,12H,11H2,1-2H3,(H,23,25). The Morgan fingerprint density at radius 2 is 2.04 bits per heavy atom. The molecule has 0 bridgehead atoms. The Bertz CT molecular complexity index is 1100. The zero-order valence-electron chi connectivity index (χ0n) is 15.0. The van der Waals surface area contributed by atoms with Crippen LogP contribution in [-0.2, 0) is 18.4 Å². The van der Waals surface area contributed by atoms with E-state index in [1.54, 1.807) is 6.33 Å². The molecule has 0 radical (unpaired) electrons. The first kappa shape index (κ1) is 17.2. The van der Waals surface area contributed by atoms with E-state index in [1.807, 2.05) is 67.1 Å². The Morgan fingerprint density at radius 1 is 1.22 bits per heavy atom. The van der Waals surface area contributed by atoms with Gasteiger partial charge in [0.25, 0.3) is 0 Å². The van der Waals surface area contributed by atoms with Gasteiger partial charge in [0.15, 0.2) is 0 Å². The number of hydrogen-bond acceptors (Lipinski definition) is 5. The average Bonchev–Trinajstić information content (AvgIpc) is 3.24. The maximum atomic E-state index is 12.2. The lowest BCUT2D eigenvalue weighted by Crippen LogP contribution is -2.13. The van der Waals surface area contributed by atoms with Crippen LogP contribution in [0.25, 0.3) is 21.6 Å². The van der Waals surface area contributed by atoms with Crippen LogP contribution in [0.5, 0.6) is 0 Å². The van der Waals surface area contributed by atoms with Gasteiger partial charge in [0, 0.05) is 12.6 Å². The number of carbonyl (C=O) groups is 1. The lowest BCUT2D eigenvalue weighted by atomic mass is 10.2. The zero-order chi connectivity index (χ0) is 18.8. The Balaban J connectivity index is 1.41. The van der Waals surface area contributed by atoms with Gasteiger partial charge in [-0.25, -0.2) is 14.8 Å². The molecule has 0 unspecified atom stereocenters. The molecule has 2 heterocycles. The lowest BCUT2D eigenvalue weighted by molar-refractivity contribution is 0.155. The van der Waals surface area contributed by atoms with Crippen LogP contribution in [0.1, 0.15) is 11.3 Å². The summed E-state index contributed by atoms with van der Waals surface area (Å²) in [5.74, 6) is 0. The number of thiazole rings is 1. The van der Waals surface area contributed by atoms with E-state index in [1.165, 1.54) is 11.3 Å². The number of fused-ring (bicyclic) bond motifs is 1. The summed E-state index contributed by atoms with van der Waals surface area (Å²) >= 11 is 1.43. The van der Waals surface area contributed by atoms with Gasteiger partial charge in [0.1, 0.15) is 16.6 Å². The predicted molar refractivity (Wildman–Crippen MR) is 107 cm³/mol. The molecule has 1 amide bonds. The summed E-state index contributed by atoms with van der Waals surface area (Å²) in [6, 6.07) is 15.7. The SMILES string of the molecule is Cc1nc(-c2ccccc2)sc1NC(=O)OCc1ccc2c(c1)ncn2C. The second-order valence-electron chi connectivity index (χ2n) is 6.18. The summed E-state index contributed by atoms with van der Waals surface area (Å²) in [5.41, 5.74) is 4.60. The van der Waals surface area contributed by atoms with Crippen LogP contribution in [0.2, 0.25) is 0 Å². The summed E-state index contributed by atoms with van der Waals surface area (Å²) in [6.07, 6.45) is 1.27. The van der Waals surface area contributed by atoms with Gasteiger partial charge < -0.3 is 9.30 Å². The van der Waals surface area contributed by atoms with Crippen molar-refractivity contribution in [1.29, 1.82) is 0 Å². The summed E-state index contributed by atoms with van der Waals surface area (Å²) in [4.78, 5) is 21.0. The van der Waals surface area contributed by atoms with Crippen molar-refractivity contribution in [3.05, 3.63) is 66.1 Å². The number of carbonyl (C=O) groups excluding carboxylic acids is 1. The highest BCUT2D eigenvalue weighted by atomic mass is 32.1. The number of hydrogen-bond donors (Lipinski definition) is 1. The summed E-state index contributed by atoms with van der Waals surface area (Å²) < 4.78 is 7.30. The van der Waals surface area contributed by atoms with Crippen LogP contribution in [-0.4, -0.2) is 20.6 Å². The average molecular weight is 378 g/mol. The van der Waals surface area contributed by atoms with E-state index in [0.717, 1.165) is 32.9 Å². The molecular weight excluding hydrogens is 360 g/mol. The first-order valence-corrected chi connectivity index (χ1v) is 9.28. The highest BCUT2D eigenvalue weighted by molar-refractivity contribution is 7.19. The highest BCUT2D eigenvalue weighted by Crippen LogP contribution is 2.31. The van der Waals surface area contributed by atoms with Gasteiger partial charge in [-0.05, 0) is 24.6 Å². The molecule has 1 N–H and O–H groups in total. The van der Waals surface area contributed by atoms with Gasteiger partial charge in [-0.2, -0.15) is 0 Å². The van der Waals surface area contributed by atoms with E-state index in [4.69, 9.17) is 4.74 Å². The Labute approximate surface area is 160 Å². The maximum Gasteiger partial charge on any atom is 0.412 e. The number of aromatic nitrogens is 3. The van der Waals surface area contributed by atoms with Crippen molar-refractivity contribution in [1.82, 2.24) is 14.5 Å². The van der Waals surface area contributed by atoms with Gasteiger partial charge in [-0.1, -0.05) is 47.7 Å². The predicted octanol–water partition coefficient (Wildman–Crippen LogP) is 4.75. The largest absolute Gasteiger partial charge is 0.444 e. The number of rotatable bonds is 4. The first-order chi connectivity index (χ1) is 13.1. The van der Waals surface area contributed by atoms with Crippen molar-refractivity contribution < 1.29 is 9.53 Å². The Hall–Kier alpha value is -3.19. The van der Waals surface area contributed by atoms with E-state index >= 15 is 0 Å². The van der Waals surface area contributed by atoms with Crippen molar-refractivity contribution in [2.75, 3.05) is 5.32 Å². The molecule has 4 rings (SSSR count). The lowest BCUT2D eigenvalue weighted by Gasteiger charge is -2.06. The number of anilines is 1. The molecule has 4 aromatic rings. The molecule has 2 aromatic carbocycles. The van der Waals surface area contributed by atoms with Crippen molar-refractivity contribution in [2.24, 2.45) is 7.05 Å². The van der Waals surface area contributed by atoms with Crippen LogP contribution >= 0.6 is 11.3 Å². The fraction of sp³-hybridized carbons (Fsp3) is 0.150. The number of nitrogens with zero attached hydrogens (tertiary/aromatic N) is 3. The quantitative estimate of drug-likeness (QED) is 0.556. The topological polar surface area (TPSA) is 69.0 Å². The second-order valence-corrected chi connectivity index (χ2v) is 7.18. The molecule has 136 valence electrons. The monoisotopic (exact) mass is 378 g/mol. The number of amides is 1. The Kier molecular flexibility index (Phi) is 4.60. The molecular formula is C20H18N4O2S. The molecule has 0 saturated carbocycles. The molecule has 27 heavy (non-hydrogen) atoms. The summed E-state index contributed by atoms with van der Waals surface area (Å²) in [6.45, 7) is 2.05. The van der Waals surface area contributed by atoms with Crippen molar-refractivity contribution in [3.8, 4) is 10.6 Å². The molecule has 7 heteroatoms. The summed E-state index contributed by atoms with van der Waals surface area (Å²) in [7, 11) is 1.94. The van der Waals surface area contributed by atoms with E-state index in [2.05, 4.69) is 15.3 Å². The van der Waals surface area contributed by atoms with Crippen molar-refractivity contribution in [3.63, 3.8) is 0 Å². The third kappa shape index (κ3) is 3.68. The molecule has 2 aromatic heterocycles. The molecule has 0 fully saturated rings. The molecule has 0 aliphatic heterocycles. The van der Waals surface area contributed by atoms with Crippen molar-refractivity contribution >= 4 is 33.5 Å². The van der Waals surface area contributed by atoms with Crippen LogP contribution in [0.4, 0.5) is 9.80 Å². The van der Waals surface area contributed by atoms with E-state index in [0.29, 0.717) is 5.00 Å². The molecule has 6 nitrogen and oxygen atoms in total. The normalized spacial score (nSPS) is 10.9. The Morgan fingerprint density at radius 3 is 2.85 bits per heavy atom. The van der Waals surface area contributed by atoms with Crippen LogP contribution in [0, 0.1) is 6.92 Å². The fourth-order valence-corrected chi connectivity index (χ4v) is 3.72. The van der Waals surface area contributed by atoms with E-state index < -0.39 is 6.09 Å². The minimum Gasteiger partial charge on any atom is -0.444 e. The van der Waals surface area contributed by atoms with Gasteiger partial charge >= 0.3 is 6.09 Å². The number of benzene rings is 2. The number of nitrogens with one attached hydrogen (secondary N) is 1. The third-order valence-corrected chi connectivity index (χ3v) is 5.31. The number of aryl methyl sites for hydroxylation is 2. The van der Waals surface area contributed by atoms with Crippen molar-refractivity contribution in [2.45, 2.75) is 13.5 Å². The number of imidazole rings is 1. The molecule has 0 atom stereocenters. The zero-order valence-corrected chi connectivity index (χ0v) is 15.8. The van der Waals surface area contributed by atoms with E-state index in [-0.39, 0.29) is 6.61 Å². The maximum absolute atomic E-state index is 12.2. The fourth-order valence-electron chi connectivity index (χ4n) is 2.77. The molecule has 0 saturated heterocycles. The van der Waals surface area contributed by atoms with E-state index in [9.17, 15) is 4.79 Å². The van der Waals surface area contributed by atoms with Crippen LogP contribution in [0.15, 0.2) is 54.9 Å². The van der Waals surface area contributed by atoms with Crippen LogP contribution in [0.3, 0.4) is 0 Å². The smallest absolute Gasteiger partial charge is 0.412 e. The van der Waals surface area contributed by atoms with Gasteiger partial charge in [-0.3, -0.25) is 5.32 Å². The first-order valence-electron chi connectivity index (χ1n) is 8.47. The van der Waals surface area contributed by atoms with Gasteiger partial charge in [-0.15, -0.1) is 0 Å². The molecule has 0 aliphatic rings. The van der Waals surface area contributed by atoms with Crippen LogP contribution < -0.4 is 5.32 Å². The molecule has 0 aliphatic carbocycles. The van der Waals surface area contributed by atoms with Gasteiger partial charge in [0.05, 0.1) is 23.1 Å². The van der Waals surface area contributed by atoms with Gasteiger partial charge in [0.2, 0.25) is 0 Å². The minimum atomic E-state index is -0.498. The number of ether oxygens (including phenoxy) is 1.